The van der Waals surface area contributed by atoms with Gasteiger partial charge in [0.15, 0.2) is 11.4 Å². The lowest BCUT2D eigenvalue weighted by atomic mass is 9.54. The molecule has 0 spiro atoms. The Hall–Kier alpha value is -2.79. The van der Waals surface area contributed by atoms with Crippen LogP contribution in [0.25, 0.3) is 5.76 Å². The lowest BCUT2D eigenvalue weighted by Gasteiger charge is -2.53. The highest BCUT2D eigenvalue weighted by atomic mass is 16.5. The number of ketones is 2. The highest BCUT2D eigenvalue weighted by molar-refractivity contribution is 6.25. The summed E-state index contributed by atoms with van der Waals surface area (Å²) in [6, 6.07) is 2.13. The number of ether oxygens (including phenoxy) is 1. The first-order valence-electron chi connectivity index (χ1n) is 10.7. The Bertz CT molecular complexity index is 1080. The number of Topliss-reactive ketones (excluding diaryl/α,β-unsaturated/α-hetero) is 2. The summed E-state index contributed by atoms with van der Waals surface area (Å²) in [5.74, 6) is -7.50. The molecule has 33 heavy (non-hydrogen) atoms. The molecule has 2 unspecified atom stereocenters. The zero-order valence-electron chi connectivity index (χ0n) is 18.6. The summed E-state index contributed by atoms with van der Waals surface area (Å²) < 4.78 is 5.22. The number of primary amides is 1. The van der Waals surface area contributed by atoms with Gasteiger partial charge in [0.2, 0.25) is 11.7 Å². The van der Waals surface area contributed by atoms with Gasteiger partial charge in [0.25, 0.3) is 0 Å². The van der Waals surface area contributed by atoms with E-state index in [-0.39, 0.29) is 36.3 Å². The van der Waals surface area contributed by atoms with Crippen LogP contribution in [-0.4, -0.2) is 81.8 Å². The molecule has 2 saturated carbocycles. The molecule has 1 amide bonds. The van der Waals surface area contributed by atoms with Gasteiger partial charge in [-0.15, -0.1) is 0 Å². The number of carbonyl (C=O) groups is 3. The van der Waals surface area contributed by atoms with E-state index >= 15 is 0 Å². The minimum atomic E-state index is -2.65. The van der Waals surface area contributed by atoms with Gasteiger partial charge in [0, 0.05) is 24.6 Å². The van der Waals surface area contributed by atoms with E-state index in [1.807, 2.05) is 0 Å². The van der Waals surface area contributed by atoms with Crippen molar-refractivity contribution < 1.29 is 39.5 Å². The topological polar surface area (TPSA) is 171 Å². The molecule has 0 radical (unpaired) electrons. The maximum absolute atomic E-state index is 13.7. The van der Waals surface area contributed by atoms with Crippen LogP contribution < -0.4 is 5.73 Å². The van der Waals surface area contributed by atoms with Crippen LogP contribution in [0.4, 0.5) is 0 Å². The van der Waals surface area contributed by atoms with Crippen molar-refractivity contribution in [3.63, 3.8) is 0 Å². The van der Waals surface area contributed by atoms with Gasteiger partial charge in [-0.25, -0.2) is 0 Å². The van der Waals surface area contributed by atoms with Crippen molar-refractivity contribution in [2.75, 3.05) is 21.2 Å². The second-order valence-electron chi connectivity index (χ2n) is 9.32. The van der Waals surface area contributed by atoms with Crippen molar-refractivity contribution in [3.05, 3.63) is 34.4 Å². The quantitative estimate of drug-likeness (QED) is 0.364. The highest BCUT2D eigenvalue weighted by Crippen LogP contribution is 2.52. The third kappa shape index (κ3) is 3.12. The monoisotopic (exact) mass is 460 g/mol. The fraction of sp³-hybridized carbons (Fsp3) is 0.522. The fourth-order valence-corrected chi connectivity index (χ4v) is 5.96. The van der Waals surface area contributed by atoms with E-state index in [0.29, 0.717) is 5.56 Å². The second-order valence-corrected chi connectivity index (χ2v) is 9.32. The number of rotatable bonds is 4. The number of aliphatic hydroxyl groups is 3. The molecule has 0 bridgehead atoms. The van der Waals surface area contributed by atoms with E-state index in [2.05, 4.69) is 0 Å². The highest BCUT2D eigenvalue weighted by Gasteiger charge is 2.67. The minimum Gasteiger partial charge on any atom is -0.507 e. The first-order valence-corrected chi connectivity index (χ1v) is 10.7. The number of aromatic hydroxyl groups is 1. The lowest BCUT2D eigenvalue weighted by Crippen LogP contribution is -2.73. The number of aliphatic hydroxyl groups excluding tert-OH is 2. The fourth-order valence-electron chi connectivity index (χ4n) is 5.96. The van der Waals surface area contributed by atoms with Gasteiger partial charge in [-0.2, -0.15) is 0 Å². The number of carbonyl (C=O) groups excluding carboxylic acids is 3. The van der Waals surface area contributed by atoms with Gasteiger partial charge >= 0.3 is 0 Å². The molecule has 178 valence electrons. The summed E-state index contributed by atoms with van der Waals surface area (Å²) in [4.78, 5) is 40.5. The third-order valence-corrected chi connectivity index (χ3v) is 7.37. The first-order chi connectivity index (χ1) is 15.5. The summed E-state index contributed by atoms with van der Waals surface area (Å²) in [7, 11) is 4.74. The number of nitrogens with two attached hydrogens (primary N) is 1. The smallest absolute Gasteiger partial charge is 0.230 e. The number of phenolic OH excluding ortho intramolecular Hbond substituents is 1. The molecule has 4 rings (SSSR count). The molecular formula is C23H28N2O8. The van der Waals surface area contributed by atoms with Gasteiger partial charge in [-0.1, -0.05) is 6.07 Å². The molecule has 1 aromatic rings. The van der Waals surface area contributed by atoms with Crippen LogP contribution in [0.5, 0.6) is 5.75 Å². The summed E-state index contributed by atoms with van der Waals surface area (Å²) in [5, 5.41) is 43.9. The zero-order valence-corrected chi connectivity index (χ0v) is 18.6. The standard InChI is InChI=1S/C23H28N2O8/c1-25(2)17-12-7-10-6-11-9(8-33-3)4-5-13(26)15(11)18(27)14(10)20(29)23(12,32)21(30)16(19(17)28)22(24)31/h4-5,10,12,16-17,19,26-28,32H,6-8H2,1-3H3,(H2,24,31)/t10-,12-,16?,17+,19?,23-/m0/s1. The van der Waals surface area contributed by atoms with E-state index in [0.717, 1.165) is 5.56 Å². The Morgan fingerprint density at radius 3 is 2.52 bits per heavy atom. The van der Waals surface area contributed by atoms with E-state index in [4.69, 9.17) is 10.5 Å². The van der Waals surface area contributed by atoms with Crippen molar-refractivity contribution in [2.45, 2.75) is 37.2 Å². The first kappa shape index (κ1) is 23.4. The van der Waals surface area contributed by atoms with Crippen molar-refractivity contribution >= 4 is 23.2 Å². The zero-order chi connectivity index (χ0) is 24.4. The molecule has 1 aromatic carbocycles. The molecule has 0 aliphatic heterocycles. The number of phenols is 1. The van der Waals surface area contributed by atoms with Crippen LogP contribution >= 0.6 is 0 Å². The number of benzene rings is 1. The third-order valence-electron chi connectivity index (χ3n) is 7.37. The number of methoxy groups -OCH3 is 1. The largest absolute Gasteiger partial charge is 0.507 e. The normalized spacial score (nSPS) is 33.6. The lowest BCUT2D eigenvalue weighted by molar-refractivity contribution is -0.184. The number of amides is 1. The van der Waals surface area contributed by atoms with E-state index in [1.54, 1.807) is 25.1 Å². The van der Waals surface area contributed by atoms with Crippen LogP contribution in [-0.2, 0) is 32.1 Å². The SMILES string of the molecule is COCc1ccc(O)c2c1C[C@H]1C[C@H]3[C@@H](N(C)C)C(O)C(C(N)=O)C(=O)[C@@]3(O)C(=O)C1=C2O. The van der Waals surface area contributed by atoms with E-state index in [1.165, 1.54) is 13.2 Å². The summed E-state index contributed by atoms with van der Waals surface area (Å²) in [6.45, 7) is 0.219. The number of hydrogen-bond acceptors (Lipinski definition) is 9. The van der Waals surface area contributed by atoms with Crippen molar-refractivity contribution in [2.24, 2.45) is 23.5 Å². The molecule has 6 N–H and O–H groups in total. The molecule has 0 aromatic heterocycles. The van der Waals surface area contributed by atoms with Gasteiger partial charge in [-0.05, 0) is 50.0 Å². The molecule has 6 atom stereocenters. The molecular weight excluding hydrogens is 432 g/mol. The Morgan fingerprint density at radius 1 is 1.27 bits per heavy atom. The molecule has 3 aliphatic carbocycles. The molecule has 3 aliphatic rings. The van der Waals surface area contributed by atoms with Crippen LogP contribution in [0, 0.1) is 17.8 Å². The minimum absolute atomic E-state index is 0.0603. The summed E-state index contributed by atoms with van der Waals surface area (Å²) in [5.41, 5.74) is 3.93. The Balaban J connectivity index is 1.92. The Morgan fingerprint density at radius 2 is 1.94 bits per heavy atom. The maximum Gasteiger partial charge on any atom is 0.230 e. The maximum atomic E-state index is 13.7. The van der Waals surface area contributed by atoms with E-state index < -0.39 is 58.7 Å². The van der Waals surface area contributed by atoms with Gasteiger partial charge in [0.1, 0.15) is 17.4 Å². The Labute approximate surface area is 190 Å². The molecule has 2 fully saturated rings. The van der Waals surface area contributed by atoms with Crippen molar-refractivity contribution in [1.82, 2.24) is 4.90 Å². The molecule has 0 saturated heterocycles. The number of likely N-dealkylation sites (N-methyl/N-ethyl adjacent to an activating group) is 1. The average Bonchev–Trinajstić information content (AvgIpc) is 2.72. The predicted molar refractivity (Wildman–Crippen MR) is 115 cm³/mol. The second kappa shape index (κ2) is 7.91. The molecule has 0 heterocycles. The van der Waals surface area contributed by atoms with Crippen molar-refractivity contribution in [3.8, 4) is 5.75 Å². The van der Waals surface area contributed by atoms with E-state index in [9.17, 15) is 34.8 Å². The summed E-state index contributed by atoms with van der Waals surface area (Å²) >= 11 is 0. The van der Waals surface area contributed by atoms with Crippen LogP contribution in [0.15, 0.2) is 17.7 Å². The van der Waals surface area contributed by atoms with Crippen LogP contribution in [0.3, 0.4) is 0 Å². The number of fused-ring (bicyclic) bond motifs is 3. The Kier molecular flexibility index (Phi) is 5.60. The van der Waals surface area contributed by atoms with Gasteiger partial charge in [-0.3, -0.25) is 14.4 Å². The summed E-state index contributed by atoms with van der Waals surface area (Å²) in [6.07, 6.45) is -1.17. The predicted octanol–water partition coefficient (Wildman–Crippen LogP) is -0.725. The van der Waals surface area contributed by atoms with Gasteiger partial charge in [0.05, 0.1) is 18.3 Å². The van der Waals surface area contributed by atoms with Crippen LogP contribution in [0.1, 0.15) is 23.1 Å². The van der Waals surface area contributed by atoms with Gasteiger partial charge < -0.3 is 35.8 Å². The molecule has 10 heteroatoms. The average molecular weight is 460 g/mol. The number of hydrogen-bond donors (Lipinski definition) is 5. The van der Waals surface area contributed by atoms with Crippen LogP contribution in [0.2, 0.25) is 0 Å². The number of nitrogens with zero attached hydrogens (tertiary/aromatic N) is 1. The van der Waals surface area contributed by atoms with Crippen molar-refractivity contribution in [1.29, 1.82) is 0 Å². The molecule has 10 nitrogen and oxygen atoms in total.